The van der Waals surface area contributed by atoms with Crippen molar-refractivity contribution in [1.82, 2.24) is 29.6 Å². The van der Waals surface area contributed by atoms with E-state index in [-0.39, 0.29) is 11.8 Å². The second-order valence-corrected chi connectivity index (χ2v) is 6.63. The highest BCUT2D eigenvalue weighted by Crippen LogP contribution is 2.27. The van der Waals surface area contributed by atoms with Crippen molar-refractivity contribution >= 4 is 5.91 Å². The SMILES string of the molecule is Cc1cc(C(=O)N2CCCC(c3cncc(-c4cncn4C)n3)C2)no1. The minimum absolute atomic E-state index is 0.0951. The van der Waals surface area contributed by atoms with Crippen molar-refractivity contribution in [2.24, 2.45) is 7.05 Å². The average Bonchev–Trinajstić information content (AvgIpc) is 3.29. The number of hydrogen-bond donors (Lipinski definition) is 0. The molecule has 0 aromatic carbocycles. The molecule has 0 N–H and O–H groups in total. The van der Waals surface area contributed by atoms with E-state index in [4.69, 9.17) is 9.51 Å². The number of hydrogen-bond acceptors (Lipinski definition) is 6. The summed E-state index contributed by atoms with van der Waals surface area (Å²) in [4.78, 5) is 27.7. The summed E-state index contributed by atoms with van der Waals surface area (Å²) in [7, 11) is 1.93. The molecule has 0 radical (unpaired) electrons. The lowest BCUT2D eigenvalue weighted by Crippen LogP contribution is -2.39. The number of rotatable bonds is 3. The Morgan fingerprint density at radius 1 is 1.27 bits per heavy atom. The number of imidazole rings is 1. The zero-order chi connectivity index (χ0) is 18.1. The molecule has 26 heavy (non-hydrogen) atoms. The molecule has 8 nitrogen and oxygen atoms in total. The number of amides is 1. The second-order valence-electron chi connectivity index (χ2n) is 6.63. The molecule has 0 aliphatic carbocycles. The molecule has 3 aromatic heterocycles. The van der Waals surface area contributed by atoms with E-state index >= 15 is 0 Å². The molecule has 1 atom stereocenters. The molecule has 3 aromatic rings. The summed E-state index contributed by atoms with van der Waals surface area (Å²) >= 11 is 0. The number of carbonyl (C=O) groups excluding carboxylic acids is 1. The topological polar surface area (TPSA) is 89.9 Å². The van der Waals surface area contributed by atoms with Crippen LogP contribution in [-0.2, 0) is 7.05 Å². The van der Waals surface area contributed by atoms with Crippen molar-refractivity contribution in [2.45, 2.75) is 25.7 Å². The molecule has 4 rings (SSSR count). The van der Waals surface area contributed by atoms with E-state index in [2.05, 4.69) is 15.1 Å². The van der Waals surface area contributed by atoms with Crippen LogP contribution in [0, 0.1) is 6.92 Å². The maximum absolute atomic E-state index is 12.6. The quantitative estimate of drug-likeness (QED) is 0.718. The molecule has 134 valence electrons. The molecular weight excluding hydrogens is 332 g/mol. The van der Waals surface area contributed by atoms with Gasteiger partial charge in [0.1, 0.15) is 11.5 Å². The molecule has 0 bridgehead atoms. The van der Waals surface area contributed by atoms with Crippen molar-refractivity contribution < 1.29 is 9.32 Å². The van der Waals surface area contributed by atoms with Gasteiger partial charge in [-0.2, -0.15) is 0 Å². The van der Waals surface area contributed by atoms with Crippen molar-refractivity contribution in [2.75, 3.05) is 13.1 Å². The highest BCUT2D eigenvalue weighted by atomic mass is 16.5. The Balaban J connectivity index is 1.55. The van der Waals surface area contributed by atoms with Gasteiger partial charge in [-0.25, -0.2) is 9.97 Å². The van der Waals surface area contributed by atoms with Gasteiger partial charge in [-0.3, -0.25) is 9.78 Å². The fraction of sp³-hybridized carbons (Fsp3) is 0.389. The molecule has 1 amide bonds. The molecule has 8 heteroatoms. The molecular formula is C18H20N6O2. The second kappa shape index (κ2) is 6.70. The van der Waals surface area contributed by atoms with E-state index in [9.17, 15) is 4.79 Å². The highest BCUT2D eigenvalue weighted by Gasteiger charge is 2.28. The van der Waals surface area contributed by atoms with Gasteiger partial charge >= 0.3 is 0 Å². The van der Waals surface area contributed by atoms with E-state index in [1.54, 1.807) is 37.9 Å². The van der Waals surface area contributed by atoms with Crippen molar-refractivity contribution in [3.05, 3.63) is 48.1 Å². The van der Waals surface area contributed by atoms with Gasteiger partial charge in [0.2, 0.25) is 0 Å². The number of likely N-dealkylation sites (tertiary alicyclic amines) is 1. The van der Waals surface area contributed by atoms with Crippen molar-refractivity contribution in [3.8, 4) is 11.4 Å². The van der Waals surface area contributed by atoms with E-state index in [1.165, 1.54) is 0 Å². The minimum Gasteiger partial charge on any atom is -0.361 e. The monoisotopic (exact) mass is 352 g/mol. The van der Waals surface area contributed by atoms with Crippen LogP contribution < -0.4 is 0 Å². The van der Waals surface area contributed by atoms with Crippen LogP contribution in [0.25, 0.3) is 11.4 Å². The summed E-state index contributed by atoms with van der Waals surface area (Å²) < 4.78 is 6.94. The summed E-state index contributed by atoms with van der Waals surface area (Å²) in [6, 6.07) is 1.68. The van der Waals surface area contributed by atoms with Crippen LogP contribution in [0.4, 0.5) is 0 Å². The maximum Gasteiger partial charge on any atom is 0.276 e. The Labute approximate surface area is 150 Å². The number of aromatic nitrogens is 5. The molecule has 4 heterocycles. The molecule has 1 unspecified atom stereocenters. The normalized spacial score (nSPS) is 17.5. The first kappa shape index (κ1) is 16.4. The largest absolute Gasteiger partial charge is 0.361 e. The third-order valence-electron chi connectivity index (χ3n) is 4.71. The van der Waals surface area contributed by atoms with Gasteiger partial charge in [0.05, 0.1) is 30.1 Å². The first-order valence-electron chi connectivity index (χ1n) is 8.63. The van der Waals surface area contributed by atoms with E-state index < -0.39 is 0 Å². The lowest BCUT2D eigenvalue weighted by atomic mass is 9.94. The smallest absolute Gasteiger partial charge is 0.276 e. The summed E-state index contributed by atoms with van der Waals surface area (Å²) in [5.74, 6) is 0.695. The summed E-state index contributed by atoms with van der Waals surface area (Å²) in [6.07, 6.45) is 8.95. The van der Waals surface area contributed by atoms with Crippen LogP contribution in [-0.4, -0.2) is 48.6 Å². The zero-order valence-corrected chi connectivity index (χ0v) is 14.8. The molecule has 1 aliphatic rings. The van der Waals surface area contributed by atoms with Crippen LogP contribution in [0.3, 0.4) is 0 Å². The van der Waals surface area contributed by atoms with E-state index in [0.29, 0.717) is 18.0 Å². The fourth-order valence-corrected chi connectivity index (χ4v) is 3.34. The number of carbonyl (C=O) groups is 1. The summed E-state index contributed by atoms with van der Waals surface area (Å²) in [6.45, 7) is 3.10. The van der Waals surface area contributed by atoms with E-state index in [1.807, 2.05) is 16.5 Å². The molecule has 1 aliphatic heterocycles. The average molecular weight is 352 g/mol. The number of piperidine rings is 1. The maximum atomic E-state index is 12.6. The van der Waals surface area contributed by atoms with Crippen LogP contribution in [0.5, 0.6) is 0 Å². The van der Waals surface area contributed by atoms with Crippen LogP contribution >= 0.6 is 0 Å². The molecule has 0 spiro atoms. The molecule has 1 saturated heterocycles. The number of nitrogens with zero attached hydrogens (tertiary/aromatic N) is 6. The van der Waals surface area contributed by atoms with E-state index in [0.717, 1.165) is 36.5 Å². The van der Waals surface area contributed by atoms with Crippen molar-refractivity contribution in [3.63, 3.8) is 0 Å². The fourth-order valence-electron chi connectivity index (χ4n) is 3.34. The molecule has 0 saturated carbocycles. The van der Waals surface area contributed by atoms with Crippen LogP contribution in [0.1, 0.15) is 40.7 Å². The van der Waals surface area contributed by atoms with Gasteiger partial charge in [0, 0.05) is 38.3 Å². The minimum atomic E-state index is -0.0951. The van der Waals surface area contributed by atoms with Crippen molar-refractivity contribution in [1.29, 1.82) is 0 Å². The third-order valence-corrected chi connectivity index (χ3v) is 4.71. The Morgan fingerprint density at radius 2 is 2.15 bits per heavy atom. The summed E-state index contributed by atoms with van der Waals surface area (Å²) in [5.41, 5.74) is 2.97. The Kier molecular flexibility index (Phi) is 4.24. The van der Waals surface area contributed by atoms with Gasteiger partial charge in [-0.15, -0.1) is 0 Å². The summed E-state index contributed by atoms with van der Waals surface area (Å²) in [5, 5.41) is 3.84. The lowest BCUT2D eigenvalue weighted by molar-refractivity contribution is 0.0695. The Bertz CT molecular complexity index is 931. The van der Waals surface area contributed by atoms with Gasteiger partial charge in [0.25, 0.3) is 5.91 Å². The predicted octanol–water partition coefficient (Wildman–Crippen LogP) is 2.19. The Morgan fingerprint density at radius 3 is 2.88 bits per heavy atom. The van der Waals surface area contributed by atoms with Crippen LogP contribution in [0.2, 0.25) is 0 Å². The predicted molar refractivity (Wildman–Crippen MR) is 93.4 cm³/mol. The highest BCUT2D eigenvalue weighted by molar-refractivity contribution is 5.92. The van der Waals surface area contributed by atoms with Gasteiger partial charge in [0.15, 0.2) is 5.69 Å². The third kappa shape index (κ3) is 3.10. The van der Waals surface area contributed by atoms with Crippen LogP contribution in [0.15, 0.2) is 35.5 Å². The van der Waals surface area contributed by atoms with Gasteiger partial charge < -0.3 is 14.0 Å². The first-order valence-corrected chi connectivity index (χ1v) is 8.63. The standard InChI is InChI=1S/C18H20N6O2/c1-12-6-14(22-26-12)18(25)24-5-3-4-13(10-24)15-7-19-8-16(21-15)17-9-20-11-23(17)2/h6-9,11,13H,3-5,10H2,1-2H3. The Hall–Kier alpha value is -3.03. The zero-order valence-electron chi connectivity index (χ0n) is 14.8. The number of aryl methyl sites for hydroxylation is 2. The van der Waals surface area contributed by atoms with Gasteiger partial charge in [-0.05, 0) is 19.8 Å². The lowest BCUT2D eigenvalue weighted by Gasteiger charge is -2.31. The van der Waals surface area contributed by atoms with Gasteiger partial charge in [-0.1, -0.05) is 5.16 Å². The molecule has 1 fully saturated rings. The first-order chi connectivity index (χ1) is 12.6.